The molecule has 1 fully saturated rings. The normalized spacial score (nSPS) is 20.2. The Hall–Kier alpha value is -2.83. The number of methoxy groups -OCH3 is 1. The second kappa shape index (κ2) is 8.73. The summed E-state index contributed by atoms with van der Waals surface area (Å²) in [5.74, 6) is -1.76. The van der Waals surface area contributed by atoms with Gasteiger partial charge in [-0.1, -0.05) is 29.8 Å². The van der Waals surface area contributed by atoms with Crippen molar-refractivity contribution in [1.29, 1.82) is 0 Å². The lowest BCUT2D eigenvalue weighted by Crippen LogP contribution is -2.32. The first-order chi connectivity index (χ1) is 14.9. The van der Waals surface area contributed by atoms with Gasteiger partial charge in [-0.2, -0.15) is 0 Å². The van der Waals surface area contributed by atoms with Crippen LogP contribution in [-0.4, -0.2) is 47.1 Å². The van der Waals surface area contributed by atoms with Gasteiger partial charge in [0.25, 0.3) is 11.7 Å². The van der Waals surface area contributed by atoms with Crippen LogP contribution in [0.25, 0.3) is 5.76 Å². The van der Waals surface area contributed by atoms with Crippen LogP contribution in [-0.2, 0) is 27.2 Å². The summed E-state index contributed by atoms with van der Waals surface area (Å²) in [4.78, 5) is 27.2. The predicted octanol–water partition coefficient (Wildman–Crippen LogP) is 3.99. The molecule has 1 heterocycles. The average Bonchev–Trinajstić information content (AvgIpc) is 3.03. The van der Waals surface area contributed by atoms with Gasteiger partial charge in [-0.15, -0.1) is 0 Å². The maximum atomic E-state index is 13.0. The molecule has 2 aromatic carbocycles. The SMILES string of the molecule is COCCN1C(=O)C(=O)/C(=C(\O)c2ccc3c(c2)CCCC3)C1c1ccc(O)c(Cl)c1. The fourth-order valence-electron chi connectivity index (χ4n) is 4.38. The molecule has 0 radical (unpaired) electrons. The molecule has 1 unspecified atom stereocenters. The quantitative estimate of drug-likeness (QED) is 0.416. The number of aliphatic hydroxyl groups is 1. The van der Waals surface area contributed by atoms with Gasteiger partial charge in [-0.05, 0) is 60.6 Å². The van der Waals surface area contributed by atoms with E-state index in [9.17, 15) is 19.8 Å². The number of phenols is 1. The molecule has 162 valence electrons. The highest BCUT2D eigenvalue weighted by molar-refractivity contribution is 6.46. The first kappa shape index (κ1) is 21.4. The van der Waals surface area contributed by atoms with Crippen LogP contribution in [0, 0.1) is 0 Å². The van der Waals surface area contributed by atoms with E-state index < -0.39 is 17.7 Å². The number of hydrogen-bond acceptors (Lipinski definition) is 5. The highest BCUT2D eigenvalue weighted by atomic mass is 35.5. The van der Waals surface area contributed by atoms with E-state index >= 15 is 0 Å². The monoisotopic (exact) mass is 441 g/mol. The van der Waals surface area contributed by atoms with Crippen molar-refractivity contribution >= 4 is 29.1 Å². The Morgan fingerprint density at radius 3 is 2.58 bits per heavy atom. The number of rotatable bonds is 5. The van der Waals surface area contributed by atoms with E-state index in [4.69, 9.17) is 16.3 Å². The number of phenolic OH excluding ortho intramolecular Hbond substituents is 1. The predicted molar refractivity (Wildman–Crippen MR) is 117 cm³/mol. The molecule has 1 amide bonds. The third kappa shape index (κ3) is 3.93. The van der Waals surface area contributed by atoms with Crippen LogP contribution in [0.4, 0.5) is 0 Å². The molecule has 2 aromatic rings. The molecule has 2 aliphatic rings. The number of carbonyl (C=O) groups is 2. The number of ketones is 1. The summed E-state index contributed by atoms with van der Waals surface area (Å²) in [7, 11) is 1.51. The van der Waals surface area contributed by atoms with Gasteiger partial charge in [0.2, 0.25) is 0 Å². The van der Waals surface area contributed by atoms with Crippen LogP contribution in [0.15, 0.2) is 42.0 Å². The van der Waals surface area contributed by atoms with Crippen molar-refractivity contribution in [3.63, 3.8) is 0 Å². The van der Waals surface area contributed by atoms with Crippen LogP contribution < -0.4 is 0 Å². The Morgan fingerprint density at radius 1 is 1.13 bits per heavy atom. The molecule has 1 saturated heterocycles. The second-order valence-corrected chi connectivity index (χ2v) is 8.29. The van der Waals surface area contributed by atoms with Crippen molar-refractivity contribution < 1.29 is 24.5 Å². The molecular formula is C24H24ClNO5. The van der Waals surface area contributed by atoms with Gasteiger partial charge in [-0.25, -0.2) is 0 Å². The zero-order valence-corrected chi connectivity index (χ0v) is 18.0. The number of amides is 1. The van der Waals surface area contributed by atoms with E-state index in [0.29, 0.717) is 11.1 Å². The second-order valence-electron chi connectivity index (χ2n) is 7.89. The van der Waals surface area contributed by atoms with Crippen molar-refractivity contribution in [2.24, 2.45) is 0 Å². The zero-order valence-electron chi connectivity index (χ0n) is 17.2. The maximum Gasteiger partial charge on any atom is 0.295 e. The molecule has 1 aliphatic carbocycles. The lowest BCUT2D eigenvalue weighted by Gasteiger charge is -2.25. The zero-order chi connectivity index (χ0) is 22.1. The summed E-state index contributed by atoms with van der Waals surface area (Å²) >= 11 is 6.10. The smallest absolute Gasteiger partial charge is 0.295 e. The Kier molecular flexibility index (Phi) is 6.03. The fraction of sp³-hybridized carbons (Fsp3) is 0.333. The number of hydrogen-bond donors (Lipinski definition) is 2. The topological polar surface area (TPSA) is 87.1 Å². The minimum Gasteiger partial charge on any atom is -0.507 e. The molecule has 0 bridgehead atoms. The lowest BCUT2D eigenvalue weighted by molar-refractivity contribution is -0.140. The Morgan fingerprint density at radius 2 is 1.87 bits per heavy atom. The van der Waals surface area contributed by atoms with Crippen molar-refractivity contribution in [2.75, 3.05) is 20.3 Å². The maximum absolute atomic E-state index is 13.0. The van der Waals surface area contributed by atoms with E-state index in [0.717, 1.165) is 31.2 Å². The average molecular weight is 442 g/mol. The standard InChI is InChI=1S/C24H24ClNO5/c1-31-11-10-26-21(16-8-9-19(27)18(25)13-16)20(23(29)24(26)30)22(28)17-7-6-14-4-2-3-5-15(14)12-17/h6-9,12-13,21,27-28H,2-5,10-11H2,1H3/b22-20-. The highest BCUT2D eigenvalue weighted by Crippen LogP contribution is 2.41. The number of fused-ring (bicyclic) bond motifs is 1. The summed E-state index contributed by atoms with van der Waals surface area (Å²) in [6, 6.07) is 9.37. The van der Waals surface area contributed by atoms with Crippen LogP contribution in [0.1, 0.15) is 41.1 Å². The van der Waals surface area contributed by atoms with Crippen molar-refractivity contribution in [3.05, 3.63) is 69.2 Å². The lowest BCUT2D eigenvalue weighted by atomic mass is 9.88. The minimum absolute atomic E-state index is 0.0126. The molecule has 7 heteroatoms. The van der Waals surface area contributed by atoms with Gasteiger partial charge in [0, 0.05) is 19.2 Å². The van der Waals surface area contributed by atoms with Gasteiger partial charge in [0.1, 0.15) is 11.5 Å². The first-order valence-electron chi connectivity index (χ1n) is 10.3. The summed E-state index contributed by atoms with van der Waals surface area (Å²) in [5, 5.41) is 21.1. The van der Waals surface area contributed by atoms with E-state index in [1.165, 1.54) is 29.7 Å². The number of aromatic hydroxyl groups is 1. The molecule has 4 rings (SSSR count). The first-order valence-corrected chi connectivity index (χ1v) is 10.7. The van der Waals surface area contributed by atoms with Gasteiger partial charge in [0.15, 0.2) is 0 Å². The molecule has 1 atom stereocenters. The van der Waals surface area contributed by atoms with Crippen molar-refractivity contribution in [3.8, 4) is 5.75 Å². The molecule has 31 heavy (non-hydrogen) atoms. The molecule has 6 nitrogen and oxygen atoms in total. The number of aryl methyl sites for hydroxylation is 2. The van der Waals surface area contributed by atoms with E-state index in [2.05, 4.69) is 0 Å². The number of carbonyl (C=O) groups excluding carboxylic acids is 2. The van der Waals surface area contributed by atoms with Crippen LogP contribution in [0.2, 0.25) is 5.02 Å². The summed E-state index contributed by atoms with van der Waals surface area (Å²) in [5.41, 5.74) is 3.47. The number of nitrogens with zero attached hydrogens (tertiary/aromatic N) is 1. The molecule has 2 N–H and O–H groups in total. The number of likely N-dealkylation sites (tertiary alicyclic amines) is 1. The third-order valence-electron chi connectivity index (χ3n) is 5.99. The van der Waals surface area contributed by atoms with E-state index in [1.807, 2.05) is 12.1 Å². The summed E-state index contributed by atoms with van der Waals surface area (Å²) in [6.07, 6.45) is 4.16. The van der Waals surface area contributed by atoms with Gasteiger partial charge >= 0.3 is 0 Å². The van der Waals surface area contributed by atoms with Gasteiger partial charge in [0.05, 0.1) is 23.2 Å². The fourth-order valence-corrected chi connectivity index (χ4v) is 4.57. The van der Waals surface area contributed by atoms with Crippen LogP contribution in [0.3, 0.4) is 0 Å². The molecular weight excluding hydrogens is 418 g/mol. The van der Waals surface area contributed by atoms with Crippen molar-refractivity contribution in [2.45, 2.75) is 31.7 Å². The van der Waals surface area contributed by atoms with Crippen molar-refractivity contribution in [1.82, 2.24) is 4.90 Å². The van der Waals surface area contributed by atoms with Gasteiger partial charge in [-0.3, -0.25) is 9.59 Å². The van der Waals surface area contributed by atoms with E-state index in [1.54, 1.807) is 12.1 Å². The Bertz CT molecular complexity index is 1080. The summed E-state index contributed by atoms with van der Waals surface area (Å²) in [6.45, 7) is 0.402. The highest BCUT2D eigenvalue weighted by Gasteiger charge is 2.46. The molecule has 1 aliphatic heterocycles. The largest absolute Gasteiger partial charge is 0.507 e. The van der Waals surface area contributed by atoms with Crippen LogP contribution >= 0.6 is 11.6 Å². The number of aliphatic hydroxyl groups excluding tert-OH is 1. The number of Topliss-reactive ketones (excluding diaryl/α,β-unsaturated/α-hetero) is 1. The molecule has 0 aromatic heterocycles. The van der Waals surface area contributed by atoms with Crippen LogP contribution in [0.5, 0.6) is 5.75 Å². The Balaban J connectivity index is 1.85. The number of halogens is 1. The number of ether oxygens (including phenoxy) is 1. The molecule has 0 saturated carbocycles. The molecule has 0 spiro atoms. The van der Waals surface area contributed by atoms with Gasteiger partial charge < -0.3 is 19.8 Å². The number of benzene rings is 2. The minimum atomic E-state index is -0.829. The van der Waals surface area contributed by atoms with E-state index in [-0.39, 0.29) is 35.3 Å². The summed E-state index contributed by atoms with van der Waals surface area (Å²) < 4.78 is 5.11. The Labute approximate surface area is 185 Å². The third-order valence-corrected chi connectivity index (χ3v) is 6.29.